The molecule has 1 aromatic heterocycles. The Morgan fingerprint density at radius 2 is 2.19 bits per heavy atom. The molecule has 0 fully saturated rings. The Hall–Kier alpha value is -1.42. The molecule has 82 valence electrons. The van der Waals surface area contributed by atoms with Crippen LogP contribution in [0.5, 0.6) is 0 Å². The van der Waals surface area contributed by atoms with Crippen LogP contribution in [0.1, 0.15) is 6.42 Å². The van der Waals surface area contributed by atoms with Crippen molar-refractivity contribution in [2.24, 2.45) is 0 Å². The second-order valence-corrected chi connectivity index (χ2v) is 4.20. The van der Waals surface area contributed by atoms with E-state index in [-0.39, 0.29) is 5.91 Å². The molecule has 3 nitrogen and oxygen atoms in total. The third-order valence-corrected chi connectivity index (χ3v) is 2.59. The molecule has 1 amide bonds. The van der Waals surface area contributed by atoms with Crippen molar-refractivity contribution in [2.75, 3.05) is 10.6 Å². The van der Waals surface area contributed by atoms with Crippen LogP contribution in [0.15, 0.2) is 36.5 Å². The van der Waals surface area contributed by atoms with E-state index < -0.39 is 0 Å². The van der Waals surface area contributed by atoms with Crippen molar-refractivity contribution in [3.8, 4) is 0 Å². The number of para-hydroxylation sites is 1. The van der Waals surface area contributed by atoms with Crippen molar-refractivity contribution in [3.05, 3.63) is 36.5 Å². The molecule has 0 atom stereocenters. The van der Waals surface area contributed by atoms with Gasteiger partial charge in [0.25, 0.3) is 0 Å². The average molecular weight is 279 g/mol. The van der Waals surface area contributed by atoms with Gasteiger partial charge in [-0.15, -0.1) is 0 Å². The van der Waals surface area contributed by atoms with Gasteiger partial charge in [-0.3, -0.25) is 9.78 Å². The molecule has 0 aliphatic carbocycles. The molecular weight excluding hydrogens is 268 g/mol. The lowest BCUT2D eigenvalue weighted by molar-refractivity contribution is -0.115. The molecular formula is C12H11BrN2O. The first-order valence-corrected chi connectivity index (χ1v) is 6.12. The van der Waals surface area contributed by atoms with Crippen molar-refractivity contribution >= 4 is 38.4 Å². The highest BCUT2D eigenvalue weighted by molar-refractivity contribution is 9.09. The number of carbonyl (C=O) groups excluding carboxylic acids is 1. The van der Waals surface area contributed by atoms with Crippen LogP contribution >= 0.6 is 15.9 Å². The summed E-state index contributed by atoms with van der Waals surface area (Å²) < 4.78 is 0. The minimum Gasteiger partial charge on any atom is -0.325 e. The first-order valence-electron chi connectivity index (χ1n) is 5.00. The van der Waals surface area contributed by atoms with Crippen LogP contribution in [0.3, 0.4) is 0 Å². The third-order valence-electron chi connectivity index (χ3n) is 2.20. The number of aromatic nitrogens is 1. The molecule has 1 aromatic carbocycles. The van der Waals surface area contributed by atoms with Crippen LogP contribution < -0.4 is 5.32 Å². The predicted octanol–water partition coefficient (Wildman–Crippen LogP) is 2.96. The van der Waals surface area contributed by atoms with Gasteiger partial charge in [0.05, 0.1) is 17.4 Å². The third kappa shape index (κ3) is 2.58. The molecule has 0 saturated heterocycles. The van der Waals surface area contributed by atoms with Gasteiger partial charge in [-0.1, -0.05) is 34.1 Å². The lowest BCUT2D eigenvalue weighted by Crippen LogP contribution is -2.11. The second-order valence-electron chi connectivity index (χ2n) is 3.40. The van der Waals surface area contributed by atoms with Gasteiger partial charge in [0.15, 0.2) is 0 Å². The van der Waals surface area contributed by atoms with E-state index >= 15 is 0 Å². The summed E-state index contributed by atoms with van der Waals surface area (Å²) in [6.07, 6.45) is 2.14. The Morgan fingerprint density at radius 3 is 3.00 bits per heavy atom. The largest absolute Gasteiger partial charge is 0.325 e. The SMILES string of the molecule is O=C(CCBr)Nc1cnc2ccccc2c1. The van der Waals surface area contributed by atoms with Crippen LogP contribution in [-0.4, -0.2) is 16.2 Å². The lowest BCUT2D eigenvalue weighted by atomic mass is 10.2. The van der Waals surface area contributed by atoms with Crippen molar-refractivity contribution in [2.45, 2.75) is 6.42 Å². The summed E-state index contributed by atoms with van der Waals surface area (Å²) in [5, 5.41) is 4.50. The number of fused-ring (bicyclic) bond motifs is 1. The molecule has 0 spiro atoms. The fourth-order valence-electron chi connectivity index (χ4n) is 1.45. The van der Waals surface area contributed by atoms with Crippen LogP contribution in [0, 0.1) is 0 Å². The summed E-state index contributed by atoms with van der Waals surface area (Å²) >= 11 is 3.23. The summed E-state index contributed by atoms with van der Waals surface area (Å²) in [4.78, 5) is 15.6. The van der Waals surface area contributed by atoms with Crippen LogP contribution in [0.4, 0.5) is 5.69 Å². The van der Waals surface area contributed by atoms with Gasteiger partial charge in [-0.25, -0.2) is 0 Å². The van der Waals surface area contributed by atoms with Crippen LogP contribution in [0.25, 0.3) is 10.9 Å². The van der Waals surface area contributed by atoms with Crippen LogP contribution in [-0.2, 0) is 4.79 Å². The van der Waals surface area contributed by atoms with Crippen molar-refractivity contribution in [1.82, 2.24) is 4.98 Å². The van der Waals surface area contributed by atoms with Gasteiger partial charge in [0.2, 0.25) is 5.91 Å². The van der Waals surface area contributed by atoms with Gasteiger partial charge in [0, 0.05) is 17.1 Å². The molecule has 16 heavy (non-hydrogen) atoms. The predicted molar refractivity (Wildman–Crippen MR) is 68.8 cm³/mol. The first kappa shape index (κ1) is 11.1. The first-order chi connectivity index (χ1) is 7.79. The number of alkyl halides is 1. The van der Waals surface area contributed by atoms with Crippen molar-refractivity contribution in [1.29, 1.82) is 0 Å². The molecule has 2 rings (SSSR count). The van der Waals surface area contributed by atoms with Crippen LogP contribution in [0.2, 0.25) is 0 Å². The topological polar surface area (TPSA) is 42.0 Å². The number of hydrogen-bond donors (Lipinski definition) is 1. The maximum atomic E-state index is 11.4. The van der Waals surface area contributed by atoms with Gasteiger partial charge in [-0.2, -0.15) is 0 Å². The molecule has 4 heteroatoms. The maximum absolute atomic E-state index is 11.4. The van der Waals surface area contributed by atoms with E-state index in [1.54, 1.807) is 6.20 Å². The van der Waals surface area contributed by atoms with E-state index in [1.165, 1.54) is 0 Å². The monoisotopic (exact) mass is 278 g/mol. The Bertz CT molecular complexity index is 513. The summed E-state index contributed by atoms with van der Waals surface area (Å²) in [5.74, 6) is -0.00560. The number of rotatable bonds is 3. The van der Waals surface area contributed by atoms with E-state index in [9.17, 15) is 4.79 Å². The van der Waals surface area contributed by atoms with E-state index in [0.717, 1.165) is 16.6 Å². The second kappa shape index (κ2) is 5.07. The normalized spacial score (nSPS) is 10.3. The molecule has 0 unspecified atom stereocenters. The molecule has 1 heterocycles. The zero-order valence-corrected chi connectivity index (χ0v) is 10.2. The number of carbonyl (C=O) groups is 1. The summed E-state index contributed by atoms with van der Waals surface area (Å²) in [5.41, 5.74) is 1.67. The van der Waals surface area contributed by atoms with E-state index in [4.69, 9.17) is 0 Å². The average Bonchev–Trinajstić information content (AvgIpc) is 2.29. The highest BCUT2D eigenvalue weighted by atomic mass is 79.9. The van der Waals surface area contributed by atoms with Gasteiger partial charge in [0.1, 0.15) is 0 Å². The summed E-state index contributed by atoms with van der Waals surface area (Å²) in [7, 11) is 0. The van der Waals surface area contributed by atoms with Crippen molar-refractivity contribution in [3.63, 3.8) is 0 Å². The highest BCUT2D eigenvalue weighted by Gasteiger charge is 2.02. The molecule has 0 aliphatic rings. The number of pyridine rings is 1. The van der Waals surface area contributed by atoms with Gasteiger partial charge < -0.3 is 5.32 Å². The van der Waals surface area contributed by atoms with E-state index in [1.807, 2.05) is 30.3 Å². The molecule has 2 aromatic rings. The molecule has 1 N–H and O–H groups in total. The fourth-order valence-corrected chi connectivity index (χ4v) is 1.81. The summed E-state index contributed by atoms with van der Waals surface area (Å²) in [6.45, 7) is 0. The Morgan fingerprint density at radius 1 is 1.38 bits per heavy atom. The molecule has 0 saturated carbocycles. The Labute approximate surface area is 102 Å². The number of halogens is 1. The van der Waals surface area contributed by atoms with Crippen molar-refractivity contribution < 1.29 is 4.79 Å². The number of anilines is 1. The number of hydrogen-bond acceptors (Lipinski definition) is 2. The zero-order valence-electron chi connectivity index (χ0n) is 8.61. The van der Waals surface area contributed by atoms with E-state index in [0.29, 0.717) is 11.8 Å². The summed E-state index contributed by atoms with van der Waals surface area (Å²) in [6, 6.07) is 9.74. The molecule has 0 bridgehead atoms. The quantitative estimate of drug-likeness (QED) is 0.878. The Balaban J connectivity index is 2.22. The standard InChI is InChI=1S/C12H11BrN2O/c13-6-5-12(16)15-10-7-9-3-1-2-4-11(9)14-8-10/h1-4,7-8H,5-6H2,(H,15,16). The zero-order chi connectivity index (χ0) is 11.4. The lowest BCUT2D eigenvalue weighted by Gasteiger charge is -2.04. The highest BCUT2D eigenvalue weighted by Crippen LogP contribution is 2.16. The minimum absolute atomic E-state index is 0.00560. The number of nitrogens with zero attached hydrogens (tertiary/aromatic N) is 1. The number of amides is 1. The van der Waals surface area contributed by atoms with Gasteiger partial charge >= 0.3 is 0 Å². The number of benzene rings is 1. The fraction of sp³-hybridized carbons (Fsp3) is 0.167. The van der Waals surface area contributed by atoms with E-state index in [2.05, 4.69) is 26.2 Å². The molecule has 0 radical (unpaired) electrons. The van der Waals surface area contributed by atoms with Gasteiger partial charge in [-0.05, 0) is 12.1 Å². The number of nitrogens with one attached hydrogen (secondary N) is 1. The maximum Gasteiger partial charge on any atom is 0.225 e. The molecule has 0 aliphatic heterocycles. The minimum atomic E-state index is -0.00560. The smallest absolute Gasteiger partial charge is 0.225 e. The Kier molecular flexibility index (Phi) is 3.51.